The zero-order valence-corrected chi connectivity index (χ0v) is 19.7. The number of ether oxygens (including phenoxy) is 4. The molecular weight excluding hydrogens is 398 g/mol. The maximum atomic E-state index is 11.2. The molecule has 0 saturated heterocycles. The summed E-state index contributed by atoms with van der Waals surface area (Å²) < 4.78 is 21.6. The fourth-order valence-electron chi connectivity index (χ4n) is 3.14. The molecule has 1 atom stereocenters. The van der Waals surface area contributed by atoms with E-state index in [0.29, 0.717) is 59.4 Å². The standard InChI is InChI=1S/C23H45N3O5/c1-2-3-4-5-6-7-8-9-10-11-23(22-27)12-14-28-16-18-30-20-21-31-19-17-29-15-13-25-26-24/h22-23H,2-21H2,1H3. The summed E-state index contributed by atoms with van der Waals surface area (Å²) in [4.78, 5) is 13.9. The zero-order chi connectivity index (χ0) is 22.7. The van der Waals surface area contributed by atoms with Crippen LogP contribution >= 0.6 is 0 Å². The molecule has 0 amide bonds. The minimum Gasteiger partial charge on any atom is -0.379 e. The molecular formula is C23H45N3O5. The van der Waals surface area contributed by atoms with Gasteiger partial charge in [0.1, 0.15) is 6.29 Å². The molecule has 0 bridgehead atoms. The summed E-state index contributed by atoms with van der Waals surface area (Å²) in [6.07, 6.45) is 14.6. The van der Waals surface area contributed by atoms with Gasteiger partial charge in [-0.1, -0.05) is 69.8 Å². The first kappa shape index (κ1) is 29.8. The summed E-state index contributed by atoms with van der Waals surface area (Å²) in [5, 5.41) is 3.37. The number of rotatable bonds is 26. The normalized spacial score (nSPS) is 11.9. The van der Waals surface area contributed by atoms with Crippen LogP contribution in [0.25, 0.3) is 10.4 Å². The highest BCUT2D eigenvalue weighted by molar-refractivity contribution is 5.53. The average molecular weight is 444 g/mol. The molecule has 0 aromatic heterocycles. The van der Waals surface area contributed by atoms with E-state index < -0.39 is 0 Å². The number of unbranched alkanes of at least 4 members (excludes halogenated alkanes) is 8. The summed E-state index contributed by atoms with van der Waals surface area (Å²) in [5.74, 6) is 0.118. The molecule has 0 fully saturated rings. The highest BCUT2D eigenvalue weighted by Crippen LogP contribution is 2.14. The topological polar surface area (TPSA) is 103 Å². The summed E-state index contributed by atoms with van der Waals surface area (Å²) in [6.45, 7) is 6.64. The molecule has 8 nitrogen and oxygen atoms in total. The van der Waals surface area contributed by atoms with Gasteiger partial charge < -0.3 is 23.7 Å². The van der Waals surface area contributed by atoms with E-state index >= 15 is 0 Å². The SMILES string of the molecule is CCCCCCCCCCCC(C=O)CCOCCOCCOCCOCCN=[N+]=[N-]. The Balaban J connectivity index is 3.28. The van der Waals surface area contributed by atoms with Gasteiger partial charge in [-0.15, -0.1) is 0 Å². The van der Waals surface area contributed by atoms with Crippen molar-refractivity contribution in [2.75, 3.05) is 59.4 Å². The fraction of sp³-hybridized carbons (Fsp3) is 0.957. The van der Waals surface area contributed by atoms with Crippen LogP contribution in [0, 0.1) is 5.92 Å². The quantitative estimate of drug-likeness (QED) is 0.0578. The van der Waals surface area contributed by atoms with Crippen molar-refractivity contribution in [2.45, 2.75) is 77.6 Å². The van der Waals surface area contributed by atoms with E-state index in [1.807, 2.05) is 0 Å². The molecule has 0 aromatic carbocycles. The third-order valence-corrected chi connectivity index (χ3v) is 5.02. The Labute approximate surface area is 189 Å². The number of nitrogens with zero attached hydrogens (tertiary/aromatic N) is 3. The lowest BCUT2D eigenvalue weighted by molar-refractivity contribution is -0.112. The Morgan fingerprint density at radius 2 is 1.19 bits per heavy atom. The predicted octanol–water partition coefficient (Wildman–Crippen LogP) is 5.49. The third-order valence-electron chi connectivity index (χ3n) is 5.02. The monoisotopic (exact) mass is 443 g/mol. The third kappa shape index (κ3) is 25.0. The van der Waals surface area contributed by atoms with Crippen LogP contribution in [0.15, 0.2) is 5.11 Å². The van der Waals surface area contributed by atoms with Gasteiger partial charge in [-0.05, 0) is 18.4 Å². The number of hydrogen-bond acceptors (Lipinski definition) is 6. The molecule has 0 aromatic rings. The maximum absolute atomic E-state index is 11.2. The van der Waals surface area contributed by atoms with Gasteiger partial charge in [0, 0.05) is 24.0 Å². The summed E-state index contributed by atoms with van der Waals surface area (Å²) in [5.41, 5.74) is 8.11. The van der Waals surface area contributed by atoms with E-state index in [9.17, 15) is 4.79 Å². The lowest BCUT2D eigenvalue weighted by Crippen LogP contribution is -2.13. The molecule has 1 unspecified atom stereocenters. The second-order valence-electron chi connectivity index (χ2n) is 7.71. The molecule has 0 spiro atoms. The van der Waals surface area contributed by atoms with E-state index in [0.717, 1.165) is 25.5 Å². The number of hydrogen-bond donors (Lipinski definition) is 0. The van der Waals surface area contributed by atoms with Gasteiger partial charge in [-0.25, -0.2) is 0 Å². The molecule has 182 valence electrons. The number of carbonyl (C=O) groups excluding carboxylic acids is 1. The fourth-order valence-corrected chi connectivity index (χ4v) is 3.14. The highest BCUT2D eigenvalue weighted by Gasteiger charge is 2.07. The number of aldehydes is 1. The van der Waals surface area contributed by atoms with Crippen molar-refractivity contribution in [3.05, 3.63) is 10.4 Å². The van der Waals surface area contributed by atoms with Crippen LogP contribution in [0.2, 0.25) is 0 Å². The second kappa shape index (κ2) is 26.9. The predicted molar refractivity (Wildman–Crippen MR) is 123 cm³/mol. The van der Waals surface area contributed by atoms with E-state index in [-0.39, 0.29) is 5.92 Å². The maximum Gasteiger partial charge on any atom is 0.123 e. The summed E-state index contributed by atoms with van der Waals surface area (Å²) >= 11 is 0. The minimum atomic E-state index is 0.118. The van der Waals surface area contributed by atoms with Crippen LogP contribution < -0.4 is 0 Å². The molecule has 0 aliphatic carbocycles. The average Bonchev–Trinajstić information content (AvgIpc) is 2.79. The van der Waals surface area contributed by atoms with E-state index in [4.69, 9.17) is 24.5 Å². The van der Waals surface area contributed by atoms with Crippen LogP contribution in [0.1, 0.15) is 77.6 Å². The Morgan fingerprint density at radius 1 is 0.710 bits per heavy atom. The molecule has 0 saturated carbocycles. The van der Waals surface area contributed by atoms with Gasteiger partial charge in [0.15, 0.2) is 0 Å². The van der Waals surface area contributed by atoms with Gasteiger partial charge >= 0.3 is 0 Å². The highest BCUT2D eigenvalue weighted by atomic mass is 16.6. The smallest absolute Gasteiger partial charge is 0.123 e. The van der Waals surface area contributed by atoms with E-state index in [1.165, 1.54) is 51.4 Å². The van der Waals surface area contributed by atoms with Gasteiger partial charge in [-0.2, -0.15) is 0 Å². The minimum absolute atomic E-state index is 0.118. The van der Waals surface area contributed by atoms with Gasteiger partial charge in [0.2, 0.25) is 0 Å². The van der Waals surface area contributed by atoms with Gasteiger partial charge in [-0.3, -0.25) is 0 Å². The molecule has 0 aliphatic rings. The molecule has 0 aliphatic heterocycles. The first-order valence-electron chi connectivity index (χ1n) is 12.1. The number of azide groups is 1. The Kier molecular flexibility index (Phi) is 25.8. The molecule has 31 heavy (non-hydrogen) atoms. The van der Waals surface area contributed by atoms with Crippen LogP contribution in [0.4, 0.5) is 0 Å². The Morgan fingerprint density at radius 3 is 1.71 bits per heavy atom. The van der Waals surface area contributed by atoms with Gasteiger partial charge in [0.05, 0.1) is 46.2 Å². The van der Waals surface area contributed by atoms with Crippen LogP contribution in [-0.4, -0.2) is 65.7 Å². The van der Waals surface area contributed by atoms with Crippen LogP contribution in [0.3, 0.4) is 0 Å². The lowest BCUT2D eigenvalue weighted by Gasteiger charge is -2.11. The molecule has 0 rings (SSSR count). The Hall–Kier alpha value is -1.18. The zero-order valence-electron chi connectivity index (χ0n) is 19.7. The van der Waals surface area contributed by atoms with Crippen molar-refractivity contribution in [1.82, 2.24) is 0 Å². The van der Waals surface area contributed by atoms with Crippen molar-refractivity contribution < 1.29 is 23.7 Å². The van der Waals surface area contributed by atoms with E-state index in [1.54, 1.807) is 0 Å². The summed E-state index contributed by atoms with van der Waals surface area (Å²) in [6, 6.07) is 0. The lowest BCUT2D eigenvalue weighted by atomic mass is 9.98. The van der Waals surface area contributed by atoms with Crippen molar-refractivity contribution in [1.29, 1.82) is 0 Å². The summed E-state index contributed by atoms with van der Waals surface area (Å²) in [7, 11) is 0. The van der Waals surface area contributed by atoms with Gasteiger partial charge in [0.25, 0.3) is 0 Å². The van der Waals surface area contributed by atoms with Crippen molar-refractivity contribution in [3.63, 3.8) is 0 Å². The first-order valence-corrected chi connectivity index (χ1v) is 12.1. The molecule has 0 heterocycles. The second-order valence-corrected chi connectivity index (χ2v) is 7.71. The number of carbonyl (C=O) groups is 1. The van der Waals surface area contributed by atoms with Crippen molar-refractivity contribution in [3.8, 4) is 0 Å². The molecule has 0 radical (unpaired) electrons. The van der Waals surface area contributed by atoms with Crippen LogP contribution in [-0.2, 0) is 23.7 Å². The van der Waals surface area contributed by atoms with Crippen molar-refractivity contribution in [2.24, 2.45) is 11.0 Å². The van der Waals surface area contributed by atoms with Crippen LogP contribution in [0.5, 0.6) is 0 Å². The Bertz CT molecular complexity index is 420. The van der Waals surface area contributed by atoms with Crippen molar-refractivity contribution >= 4 is 6.29 Å². The van der Waals surface area contributed by atoms with E-state index in [2.05, 4.69) is 16.9 Å². The molecule has 0 N–H and O–H groups in total. The first-order chi connectivity index (χ1) is 15.3. The largest absolute Gasteiger partial charge is 0.379 e. The molecule has 8 heteroatoms.